The summed E-state index contributed by atoms with van der Waals surface area (Å²) in [5.74, 6) is 0.553. The molecule has 1 aliphatic rings. The van der Waals surface area contributed by atoms with Crippen LogP contribution in [-0.2, 0) is 4.79 Å². The van der Waals surface area contributed by atoms with Crippen LogP contribution in [0.4, 0.5) is 0 Å². The minimum atomic E-state index is 0.259. The quantitative estimate of drug-likeness (QED) is 0.462. The Kier molecular flexibility index (Phi) is 1.20. The average Bonchev–Trinajstić information content (AvgIpc) is 1.85. The Morgan fingerprint density at radius 2 is 2.38 bits per heavy atom. The zero-order chi connectivity index (χ0) is 6.15. The van der Waals surface area contributed by atoms with E-state index in [0.29, 0.717) is 5.78 Å². The number of hydrogen-bond acceptors (Lipinski definition) is 1. The fraction of sp³-hybridized carbons (Fsp3) is 0.571. The molecule has 8 heavy (non-hydrogen) atoms. The van der Waals surface area contributed by atoms with Crippen LogP contribution in [-0.4, -0.2) is 5.78 Å². The van der Waals surface area contributed by atoms with Gasteiger partial charge in [0, 0.05) is 5.92 Å². The van der Waals surface area contributed by atoms with Crippen molar-refractivity contribution in [2.24, 2.45) is 5.92 Å². The molecule has 1 rings (SSSR count). The summed E-state index contributed by atoms with van der Waals surface area (Å²) in [6, 6.07) is 0. The van der Waals surface area contributed by atoms with Crippen LogP contribution in [0.1, 0.15) is 20.3 Å². The van der Waals surface area contributed by atoms with E-state index in [-0.39, 0.29) is 5.92 Å². The van der Waals surface area contributed by atoms with Gasteiger partial charge in [0.05, 0.1) is 0 Å². The molecule has 0 radical (unpaired) electrons. The van der Waals surface area contributed by atoms with Crippen LogP contribution in [0.25, 0.3) is 0 Å². The van der Waals surface area contributed by atoms with E-state index in [4.69, 9.17) is 0 Å². The molecule has 1 unspecified atom stereocenters. The van der Waals surface area contributed by atoms with E-state index in [9.17, 15) is 4.79 Å². The highest BCUT2D eigenvalue weighted by Crippen LogP contribution is 2.19. The summed E-state index contributed by atoms with van der Waals surface area (Å²) in [5.41, 5.74) is 1.22. The van der Waals surface area contributed by atoms with Crippen molar-refractivity contribution in [3.63, 3.8) is 0 Å². The first-order chi connectivity index (χ1) is 3.70. The minimum Gasteiger partial charge on any atom is -0.295 e. The first-order valence-electron chi connectivity index (χ1n) is 2.91. The summed E-state index contributed by atoms with van der Waals surface area (Å²) in [6.45, 7) is 3.97. The van der Waals surface area contributed by atoms with E-state index in [1.165, 1.54) is 5.57 Å². The SMILES string of the molecule is CC1=CC(=O)C(C)C1. The molecule has 0 N–H and O–H groups in total. The van der Waals surface area contributed by atoms with Crippen LogP contribution < -0.4 is 0 Å². The average molecular weight is 110 g/mol. The molecule has 0 aromatic heterocycles. The van der Waals surface area contributed by atoms with E-state index in [2.05, 4.69) is 0 Å². The molecule has 1 atom stereocenters. The molecule has 0 aromatic carbocycles. The monoisotopic (exact) mass is 110 g/mol. The molecule has 44 valence electrons. The fourth-order valence-electron chi connectivity index (χ4n) is 1.03. The molecule has 0 aromatic rings. The molecular formula is C7H10O. The van der Waals surface area contributed by atoms with Crippen LogP contribution >= 0.6 is 0 Å². The minimum absolute atomic E-state index is 0.259. The van der Waals surface area contributed by atoms with Gasteiger partial charge >= 0.3 is 0 Å². The second-order valence-corrected chi connectivity index (χ2v) is 2.50. The highest BCUT2D eigenvalue weighted by atomic mass is 16.1. The van der Waals surface area contributed by atoms with Crippen LogP contribution in [0.2, 0.25) is 0 Å². The van der Waals surface area contributed by atoms with E-state index in [0.717, 1.165) is 6.42 Å². The summed E-state index contributed by atoms with van der Waals surface area (Å²) < 4.78 is 0. The van der Waals surface area contributed by atoms with Gasteiger partial charge in [0.25, 0.3) is 0 Å². The normalized spacial score (nSPS) is 28.5. The zero-order valence-corrected chi connectivity index (χ0v) is 5.27. The molecule has 0 fully saturated rings. The van der Waals surface area contributed by atoms with E-state index in [1.54, 1.807) is 6.08 Å². The summed E-state index contributed by atoms with van der Waals surface area (Å²) in [4.78, 5) is 10.7. The second kappa shape index (κ2) is 1.73. The van der Waals surface area contributed by atoms with E-state index < -0.39 is 0 Å². The Morgan fingerprint density at radius 3 is 2.50 bits per heavy atom. The molecule has 1 heteroatoms. The maximum Gasteiger partial charge on any atom is 0.158 e. The molecule has 0 aliphatic heterocycles. The predicted molar refractivity (Wildman–Crippen MR) is 32.5 cm³/mol. The van der Waals surface area contributed by atoms with Crippen LogP contribution in [0.5, 0.6) is 0 Å². The van der Waals surface area contributed by atoms with Gasteiger partial charge in [0.2, 0.25) is 0 Å². The van der Waals surface area contributed by atoms with Gasteiger partial charge in [-0.2, -0.15) is 0 Å². The van der Waals surface area contributed by atoms with Crippen molar-refractivity contribution >= 4 is 5.78 Å². The van der Waals surface area contributed by atoms with Gasteiger partial charge in [0.15, 0.2) is 5.78 Å². The lowest BCUT2D eigenvalue weighted by Gasteiger charge is -1.94. The van der Waals surface area contributed by atoms with Gasteiger partial charge in [-0.1, -0.05) is 12.5 Å². The number of hydrogen-bond donors (Lipinski definition) is 0. The highest BCUT2D eigenvalue weighted by Gasteiger charge is 2.17. The van der Waals surface area contributed by atoms with Crippen molar-refractivity contribution in [1.82, 2.24) is 0 Å². The van der Waals surface area contributed by atoms with Crippen molar-refractivity contribution < 1.29 is 4.79 Å². The molecule has 0 amide bonds. The number of carbonyl (C=O) groups is 1. The van der Waals surface area contributed by atoms with Gasteiger partial charge in [-0.05, 0) is 19.4 Å². The molecule has 0 saturated heterocycles. The van der Waals surface area contributed by atoms with Crippen molar-refractivity contribution in [2.45, 2.75) is 20.3 Å². The Hall–Kier alpha value is -0.590. The van der Waals surface area contributed by atoms with Crippen molar-refractivity contribution in [3.05, 3.63) is 11.6 Å². The van der Waals surface area contributed by atoms with Gasteiger partial charge in [0.1, 0.15) is 0 Å². The highest BCUT2D eigenvalue weighted by molar-refractivity contribution is 5.94. The standard InChI is InChI=1S/C7H10O/c1-5-3-6(2)7(8)4-5/h4,6H,3H2,1-2H3. The van der Waals surface area contributed by atoms with Gasteiger partial charge in [-0.3, -0.25) is 4.79 Å². The van der Waals surface area contributed by atoms with Gasteiger partial charge in [-0.15, -0.1) is 0 Å². The first kappa shape index (κ1) is 5.54. The number of carbonyl (C=O) groups excluding carboxylic acids is 1. The Balaban J connectivity index is 2.70. The lowest BCUT2D eigenvalue weighted by atomic mass is 10.1. The molecule has 1 nitrogen and oxygen atoms in total. The van der Waals surface area contributed by atoms with E-state index >= 15 is 0 Å². The van der Waals surface area contributed by atoms with Gasteiger partial charge in [-0.25, -0.2) is 0 Å². The maximum atomic E-state index is 10.7. The smallest absolute Gasteiger partial charge is 0.158 e. The van der Waals surface area contributed by atoms with Crippen molar-refractivity contribution in [3.8, 4) is 0 Å². The third-order valence-corrected chi connectivity index (χ3v) is 1.50. The van der Waals surface area contributed by atoms with E-state index in [1.807, 2.05) is 13.8 Å². The molecule has 0 spiro atoms. The van der Waals surface area contributed by atoms with Gasteiger partial charge < -0.3 is 0 Å². The molecule has 1 aliphatic carbocycles. The molecular weight excluding hydrogens is 100 g/mol. The number of ketones is 1. The molecule has 0 heterocycles. The Labute approximate surface area is 49.4 Å². The van der Waals surface area contributed by atoms with Crippen LogP contribution in [0.3, 0.4) is 0 Å². The number of allylic oxidation sites excluding steroid dienone is 2. The lowest BCUT2D eigenvalue weighted by molar-refractivity contribution is -0.116. The second-order valence-electron chi connectivity index (χ2n) is 2.50. The largest absolute Gasteiger partial charge is 0.295 e. The maximum absolute atomic E-state index is 10.7. The molecule has 0 bridgehead atoms. The van der Waals surface area contributed by atoms with Crippen molar-refractivity contribution in [1.29, 1.82) is 0 Å². The van der Waals surface area contributed by atoms with Crippen LogP contribution in [0, 0.1) is 5.92 Å². The summed E-state index contributed by atoms with van der Waals surface area (Å²) in [6.07, 6.45) is 2.71. The first-order valence-corrected chi connectivity index (χ1v) is 2.91. The topological polar surface area (TPSA) is 17.1 Å². The summed E-state index contributed by atoms with van der Waals surface area (Å²) >= 11 is 0. The molecule has 0 saturated carbocycles. The fourth-order valence-corrected chi connectivity index (χ4v) is 1.03. The Bertz CT molecular complexity index is 144. The van der Waals surface area contributed by atoms with Crippen molar-refractivity contribution in [2.75, 3.05) is 0 Å². The number of rotatable bonds is 0. The zero-order valence-electron chi connectivity index (χ0n) is 5.27. The van der Waals surface area contributed by atoms with Crippen LogP contribution in [0.15, 0.2) is 11.6 Å². The third-order valence-electron chi connectivity index (χ3n) is 1.50. The lowest BCUT2D eigenvalue weighted by Crippen LogP contribution is -1.99. The predicted octanol–water partition coefficient (Wildman–Crippen LogP) is 1.54. The summed E-state index contributed by atoms with van der Waals surface area (Å²) in [7, 11) is 0. The Morgan fingerprint density at radius 1 is 1.75 bits per heavy atom. The summed E-state index contributed by atoms with van der Waals surface area (Å²) in [5, 5.41) is 0. The third kappa shape index (κ3) is 0.808.